The van der Waals surface area contributed by atoms with Gasteiger partial charge in [-0.3, -0.25) is 9.59 Å². The molecule has 5 nitrogen and oxygen atoms in total. The molecule has 0 fully saturated rings. The Morgan fingerprint density at radius 2 is 1.96 bits per heavy atom. The van der Waals surface area contributed by atoms with Gasteiger partial charge in [0.2, 0.25) is 5.91 Å². The van der Waals surface area contributed by atoms with Crippen LogP contribution in [0.3, 0.4) is 0 Å². The number of nitrogens with one attached hydrogen (secondary N) is 1. The summed E-state index contributed by atoms with van der Waals surface area (Å²) < 4.78 is 5.24. The number of pyridine rings is 1. The average molecular weight is 330 g/mol. The number of methoxy groups -OCH3 is 1. The van der Waals surface area contributed by atoms with Gasteiger partial charge in [-0.15, -0.1) is 0 Å². The molecule has 0 atom stereocenters. The first kappa shape index (κ1) is 18.0. The number of aromatic nitrogens is 1. The number of carbonyl (C=O) groups is 1. The fourth-order valence-electron chi connectivity index (χ4n) is 2.69. The van der Waals surface area contributed by atoms with E-state index < -0.39 is 0 Å². The minimum atomic E-state index is -0.345. The predicted octanol–water partition coefficient (Wildman–Crippen LogP) is 3.46. The number of hydrogen-bond donors (Lipinski definition) is 1. The molecule has 0 aliphatic carbocycles. The molecule has 5 heteroatoms. The van der Waals surface area contributed by atoms with Crippen LogP contribution in [0.5, 0.6) is 5.75 Å². The number of fused-ring (bicyclic) bond motifs is 1. The summed E-state index contributed by atoms with van der Waals surface area (Å²) in [7, 11) is 1.61. The Balaban J connectivity index is 2.44. The third-order valence-corrected chi connectivity index (χ3v) is 4.03. The maximum atomic E-state index is 12.5. The van der Waals surface area contributed by atoms with E-state index in [-0.39, 0.29) is 17.0 Å². The molecule has 2 rings (SSSR count). The largest absolute Gasteiger partial charge is 0.497 e. The highest BCUT2D eigenvalue weighted by molar-refractivity contribution is 5.81. The lowest BCUT2D eigenvalue weighted by Crippen LogP contribution is -2.45. The third-order valence-electron chi connectivity index (χ3n) is 4.03. The van der Waals surface area contributed by atoms with Crippen molar-refractivity contribution in [2.75, 3.05) is 7.11 Å². The van der Waals surface area contributed by atoms with Crippen molar-refractivity contribution in [3.8, 4) is 5.75 Å². The molecule has 0 unspecified atom stereocenters. The normalized spacial score (nSPS) is 11.5. The van der Waals surface area contributed by atoms with Crippen LogP contribution in [0.1, 0.15) is 46.1 Å². The second-order valence-corrected chi connectivity index (χ2v) is 6.98. The summed E-state index contributed by atoms with van der Waals surface area (Å²) in [5.74, 6) is 0.797. The molecular formula is C19H26N2O3. The van der Waals surface area contributed by atoms with Crippen molar-refractivity contribution in [2.24, 2.45) is 0 Å². The van der Waals surface area contributed by atoms with Gasteiger partial charge in [-0.05, 0) is 51.5 Å². The van der Waals surface area contributed by atoms with E-state index in [0.717, 1.165) is 23.1 Å². The first-order valence-electron chi connectivity index (χ1n) is 8.26. The van der Waals surface area contributed by atoms with Gasteiger partial charge in [-0.2, -0.15) is 0 Å². The molecule has 0 aliphatic heterocycles. The molecular weight excluding hydrogens is 304 g/mol. The van der Waals surface area contributed by atoms with Gasteiger partial charge >= 0.3 is 0 Å². The zero-order valence-corrected chi connectivity index (χ0v) is 15.1. The molecule has 0 spiro atoms. The molecule has 1 heterocycles. The molecule has 1 amide bonds. The van der Waals surface area contributed by atoms with E-state index in [1.807, 2.05) is 52.0 Å². The minimum Gasteiger partial charge on any atom is -0.497 e. The molecule has 0 bridgehead atoms. The van der Waals surface area contributed by atoms with E-state index in [4.69, 9.17) is 4.74 Å². The summed E-state index contributed by atoms with van der Waals surface area (Å²) in [5, 5.41) is 0.890. The maximum absolute atomic E-state index is 12.5. The maximum Gasteiger partial charge on any atom is 0.253 e. The fraction of sp³-hybridized carbons (Fsp3) is 0.474. The number of ether oxygens (including phenoxy) is 1. The van der Waals surface area contributed by atoms with Gasteiger partial charge in [0.1, 0.15) is 5.75 Å². The van der Waals surface area contributed by atoms with E-state index in [0.29, 0.717) is 18.5 Å². The molecule has 2 aromatic rings. The highest BCUT2D eigenvalue weighted by atomic mass is 16.5. The highest BCUT2D eigenvalue weighted by Gasteiger charge is 2.26. The van der Waals surface area contributed by atoms with Gasteiger partial charge < -0.3 is 14.6 Å². The Morgan fingerprint density at radius 3 is 2.54 bits per heavy atom. The second kappa shape index (κ2) is 7.07. The van der Waals surface area contributed by atoms with Crippen LogP contribution in [-0.4, -0.2) is 28.4 Å². The smallest absolute Gasteiger partial charge is 0.253 e. The van der Waals surface area contributed by atoms with E-state index in [2.05, 4.69) is 4.98 Å². The van der Waals surface area contributed by atoms with Crippen LogP contribution in [0.25, 0.3) is 10.9 Å². The Morgan fingerprint density at radius 1 is 1.25 bits per heavy atom. The van der Waals surface area contributed by atoms with Gasteiger partial charge in [0.15, 0.2) is 0 Å². The van der Waals surface area contributed by atoms with E-state index >= 15 is 0 Å². The molecule has 0 saturated carbocycles. The predicted molar refractivity (Wildman–Crippen MR) is 96.3 cm³/mol. The first-order valence-corrected chi connectivity index (χ1v) is 8.26. The first-order chi connectivity index (χ1) is 11.3. The van der Waals surface area contributed by atoms with Crippen LogP contribution in [-0.2, 0) is 11.3 Å². The summed E-state index contributed by atoms with van der Waals surface area (Å²) in [6.07, 6.45) is 1.27. The average Bonchev–Trinajstić information content (AvgIpc) is 2.51. The molecule has 1 N–H and O–H groups in total. The number of benzene rings is 1. The lowest BCUT2D eigenvalue weighted by molar-refractivity contribution is -0.136. The lowest BCUT2D eigenvalue weighted by Gasteiger charge is -2.35. The number of rotatable bonds is 5. The molecule has 24 heavy (non-hydrogen) atoms. The zero-order valence-electron chi connectivity index (χ0n) is 15.1. The standard InChI is InChI=1S/C19H26N2O3/c1-6-7-17(22)21(19(2,3)4)12-14-10-13-11-15(24-5)8-9-16(13)20-18(14)23/h8-11H,6-7,12H2,1-5H3,(H,20,23). The van der Waals surface area contributed by atoms with Crippen molar-refractivity contribution in [2.45, 2.75) is 52.6 Å². The monoisotopic (exact) mass is 330 g/mol. The van der Waals surface area contributed by atoms with Gasteiger partial charge in [-0.25, -0.2) is 0 Å². The second-order valence-electron chi connectivity index (χ2n) is 6.98. The van der Waals surface area contributed by atoms with E-state index in [9.17, 15) is 9.59 Å². The summed E-state index contributed by atoms with van der Waals surface area (Å²) in [6.45, 7) is 8.23. The van der Waals surface area contributed by atoms with Crippen LogP contribution < -0.4 is 10.3 Å². The number of nitrogens with zero attached hydrogens (tertiary/aromatic N) is 1. The Hall–Kier alpha value is -2.30. The number of H-pyrrole nitrogens is 1. The molecule has 1 aromatic carbocycles. The minimum absolute atomic E-state index is 0.0649. The number of carbonyl (C=O) groups excluding carboxylic acids is 1. The van der Waals surface area contributed by atoms with E-state index in [1.54, 1.807) is 12.0 Å². The van der Waals surface area contributed by atoms with Crippen LogP contribution in [0.2, 0.25) is 0 Å². The van der Waals surface area contributed by atoms with Gasteiger partial charge in [0.05, 0.1) is 13.7 Å². The van der Waals surface area contributed by atoms with Crippen molar-refractivity contribution >= 4 is 16.8 Å². The highest BCUT2D eigenvalue weighted by Crippen LogP contribution is 2.22. The molecule has 0 saturated heterocycles. The fourth-order valence-corrected chi connectivity index (χ4v) is 2.69. The number of hydrogen-bond acceptors (Lipinski definition) is 3. The topological polar surface area (TPSA) is 62.4 Å². The van der Waals surface area contributed by atoms with E-state index in [1.165, 1.54) is 0 Å². The van der Waals surface area contributed by atoms with Crippen LogP contribution in [0.4, 0.5) is 0 Å². The van der Waals surface area contributed by atoms with Crippen LogP contribution >= 0.6 is 0 Å². The van der Waals surface area contributed by atoms with Crippen molar-refractivity contribution < 1.29 is 9.53 Å². The molecule has 0 aliphatic rings. The van der Waals surface area contributed by atoms with Gasteiger partial charge in [0.25, 0.3) is 5.56 Å². The van der Waals surface area contributed by atoms with Crippen molar-refractivity contribution in [1.29, 1.82) is 0 Å². The summed E-state index contributed by atoms with van der Waals surface area (Å²) in [6, 6.07) is 7.35. The Kier molecular flexibility index (Phi) is 5.32. The summed E-state index contributed by atoms with van der Waals surface area (Å²) in [5.41, 5.74) is 0.829. The molecule has 130 valence electrons. The van der Waals surface area contributed by atoms with Crippen molar-refractivity contribution in [3.05, 3.63) is 40.2 Å². The molecule has 1 aromatic heterocycles. The summed E-state index contributed by atoms with van der Waals surface area (Å²) in [4.78, 5) is 29.5. The Labute approximate surface area is 142 Å². The Bertz CT molecular complexity index is 787. The van der Waals surface area contributed by atoms with Crippen LogP contribution in [0, 0.1) is 0 Å². The quantitative estimate of drug-likeness (QED) is 0.913. The number of aromatic amines is 1. The van der Waals surface area contributed by atoms with Crippen LogP contribution in [0.15, 0.2) is 29.1 Å². The van der Waals surface area contributed by atoms with Crippen molar-refractivity contribution in [3.63, 3.8) is 0 Å². The lowest BCUT2D eigenvalue weighted by atomic mass is 10.0. The zero-order chi connectivity index (χ0) is 17.9. The number of amides is 1. The molecule has 0 radical (unpaired) electrons. The third kappa shape index (κ3) is 3.96. The summed E-state index contributed by atoms with van der Waals surface area (Å²) >= 11 is 0. The van der Waals surface area contributed by atoms with Gasteiger partial charge in [-0.1, -0.05) is 6.92 Å². The SMILES string of the molecule is CCCC(=O)N(Cc1cc2cc(OC)ccc2[nH]c1=O)C(C)(C)C. The van der Waals surface area contributed by atoms with Crippen molar-refractivity contribution in [1.82, 2.24) is 9.88 Å². The van der Waals surface area contributed by atoms with Gasteiger partial charge in [0, 0.05) is 28.4 Å².